The van der Waals surface area contributed by atoms with Gasteiger partial charge in [0, 0.05) is 18.1 Å². The first-order valence-electron chi connectivity index (χ1n) is 7.34. The van der Waals surface area contributed by atoms with Crippen LogP contribution >= 0.6 is 0 Å². The van der Waals surface area contributed by atoms with Crippen LogP contribution in [0.5, 0.6) is 0 Å². The lowest BCUT2D eigenvalue weighted by Gasteiger charge is -2.08. The van der Waals surface area contributed by atoms with Crippen LogP contribution in [-0.4, -0.2) is 14.0 Å². The van der Waals surface area contributed by atoms with Crippen molar-refractivity contribution in [3.8, 4) is 6.07 Å². The fraction of sp³-hybridized carbons (Fsp3) is 0.167. The molecule has 0 saturated carbocycles. The van der Waals surface area contributed by atoms with E-state index in [0.29, 0.717) is 27.7 Å². The van der Waals surface area contributed by atoms with E-state index in [2.05, 4.69) is 11.1 Å². The fourth-order valence-electron chi connectivity index (χ4n) is 3.44. The standard InChI is InChI=1S/C18H14N4O/c1-10-8-12-13(9-19)17-21(3)14-6-4-5-7-15(14)22(17)18(23)16(12)11(2)20-10/h4-8H,1-3H3. The normalized spacial score (nSPS) is 11.4. The van der Waals surface area contributed by atoms with Gasteiger partial charge in [-0.25, -0.2) is 0 Å². The van der Waals surface area contributed by atoms with Gasteiger partial charge < -0.3 is 4.57 Å². The Morgan fingerprint density at radius 3 is 2.57 bits per heavy atom. The second-order valence-corrected chi connectivity index (χ2v) is 5.77. The predicted octanol–water partition coefficient (Wildman–Crippen LogP) is 2.83. The molecule has 5 nitrogen and oxygen atoms in total. The van der Waals surface area contributed by atoms with Gasteiger partial charge in [0.15, 0.2) is 0 Å². The van der Waals surface area contributed by atoms with Crippen molar-refractivity contribution in [3.63, 3.8) is 0 Å². The average molecular weight is 302 g/mol. The lowest BCUT2D eigenvalue weighted by molar-refractivity contribution is 0.976. The highest BCUT2D eigenvalue weighted by Crippen LogP contribution is 2.27. The molecule has 0 bridgehead atoms. The van der Waals surface area contributed by atoms with Gasteiger partial charge in [-0.1, -0.05) is 12.1 Å². The highest BCUT2D eigenvalue weighted by molar-refractivity contribution is 5.97. The summed E-state index contributed by atoms with van der Waals surface area (Å²) in [6, 6.07) is 11.8. The van der Waals surface area contributed by atoms with Gasteiger partial charge in [-0.05, 0) is 32.0 Å². The van der Waals surface area contributed by atoms with Crippen LogP contribution in [0.1, 0.15) is 17.0 Å². The van der Waals surface area contributed by atoms with Gasteiger partial charge >= 0.3 is 0 Å². The first-order valence-corrected chi connectivity index (χ1v) is 7.34. The number of imidazole rings is 1. The molecule has 0 radical (unpaired) electrons. The number of pyridine rings is 2. The summed E-state index contributed by atoms with van der Waals surface area (Å²) in [6.45, 7) is 3.69. The molecule has 3 heterocycles. The summed E-state index contributed by atoms with van der Waals surface area (Å²) in [5.74, 6) is 0. The minimum Gasteiger partial charge on any atom is -0.328 e. The van der Waals surface area contributed by atoms with E-state index in [1.165, 1.54) is 0 Å². The molecule has 3 aromatic heterocycles. The monoisotopic (exact) mass is 302 g/mol. The molecule has 0 atom stereocenters. The third kappa shape index (κ3) is 1.60. The SMILES string of the molecule is Cc1cc2c(C#N)c3n(C)c4ccccc4n3c(=O)c2c(C)n1. The minimum absolute atomic E-state index is 0.129. The Kier molecular flexibility index (Phi) is 2.61. The van der Waals surface area contributed by atoms with Gasteiger partial charge in [0.1, 0.15) is 17.3 Å². The number of nitriles is 1. The summed E-state index contributed by atoms with van der Waals surface area (Å²) in [5.41, 5.74) is 4.17. The molecule has 0 N–H and O–H groups in total. The second-order valence-electron chi connectivity index (χ2n) is 5.77. The molecule has 112 valence electrons. The Hall–Kier alpha value is -3.13. The molecule has 4 rings (SSSR count). The molecule has 0 unspecified atom stereocenters. The third-order valence-electron chi connectivity index (χ3n) is 4.36. The fourth-order valence-corrected chi connectivity index (χ4v) is 3.44. The molecule has 5 heteroatoms. The second kappa shape index (κ2) is 4.43. The van der Waals surface area contributed by atoms with Crippen LogP contribution in [0.3, 0.4) is 0 Å². The summed E-state index contributed by atoms with van der Waals surface area (Å²) in [5, 5.41) is 10.9. The van der Waals surface area contributed by atoms with Crippen LogP contribution in [0.25, 0.3) is 27.5 Å². The number of hydrogen-bond donors (Lipinski definition) is 0. The molecule has 0 fully saturated rings. The Labute approximate surface area is 132 Å². The van der Waals surface area contributed by atoms with Gasteiger partial charge in [0.05, 0.1) is 22.1 Å². The number of aromatic nitrogens is 3. The van der Waals surface area contributed by atoms with E-state index in [-0.39, 0.29) is 5.56 Å². The zero-order chi connectivity index (χ0) is 16.3. The molecule has 0 aliphatic heterocycles. The van der Waals surface area contributed by atoms with Crippen molar-refractivity contribution in [2.75, 3.05) is 0 Å². The first kappa shape index (κ1) is 13.5. The molecular weight excluding hydrogens is 288 g/mol. The van der Waals surface area contributed by atoms with E-state index >= 15 is 0 Å². The zero-order valence-electron chi connectivity index (χ0n) is 13.1. The predicted molar refractivity (Wildman–Crippen MR) is 89.6 cm³/mol. The maximum atomic E-state index is 13.1. The van der Waals surface area contributed by atoms with Crippen LogP contribution in [-0.2, 0) is 7.05 Å². The molecular formula is C18H14N4O. The van der Waals surface area contributed by atoms with Crippen molar-refractivity contribution in [2.24, 2.45) is 7.05 Å². The maximum Gasteiger partial charge on any atom is 0.266 e. The molecule has 0 spiro atoms. The Morgan fingerprint density at radius 1 is 1.17 bits per heavy atom. The van der Waals surface area contributed by atoms with Crippen LogP contribution in [0.2, 0.25) is 0 Å². The summed E-state index contributed by atoms with van der Waals surface area (Å²) in [4.78, 5) is 17.5. The van der Waals surface area contributed by atoms with Crippen molar-refractivity contribution >= 4 is 27.5 Å². The van der Waals surface area contributed by atoms with Crippen molar-refractivity contribution in [1.29, 1.82) is 5.26 Å². The van der Waals surface area contributed by atoms with Crippen molar-refractivity contribution in [1.82, 2.24) is 14.0 Å². The maximum absolute atomic E-state index is 13.1. The first-order chi connectivity index (χ1) is 11.0. The highest BCUT2D eigenvalue weighted by Gasteiger charge is 2.19. The van der Waals surface area contributed by atoms with Crippen LogP contribution < -0.4 is 5.56 Å². The van der Waals surface area contributed by atoms with Crippen molar-refractivity contribution < 1.29 is 0 Å². The molecule has 0 aliphatic rings. The largest absolute Gasteiger partial charge is 0.328 e. The topological polar surface area (TPSA) is 63.1 Å². The minimum atomic E-state index is -0.129. The summed E-state index contributed by atoms with van der Waals surface area (Å²) in [6.07, 6.45) is 0. The molecule has 1 aromatic carbocycles. The van der Waals surface area contributed by atoms with Gasteiger partial charge in [-0.3, -0.25) is 14.2 Å². The number of para-hydroxylation sites is 2. The highest BCUT2D eigenvalue weighted by atomic mass is 16.1. The van der Waals surface area contributed by atoms with E-state index in [0.717, 1.165) is 16.7 Å². The van der Waals surface area contributed by atoms with Gasteiger partial charge in [-0.15, -0.1) is 0 Å². The van der Waals surface area contributed by atoms with E-state index in [9.17, 15) is 10.1 Å². The zero-order valence-corrected chi connectivity index (χ0v) is 13.1. The van der Waals surface area contributed by atoms with E-state index in [1.54, 1.807) is 4.40 Å². The smallest absolute Gasteiger partial charge is 0.266 e. The Morgan fingerprint density at radius 2 is 1.87 bits per heavy atom. The molecule has 4 aromatic rings. The van der Waals surface area contributed by atoms with Crippen LogP contribution in [0.4, 0.5) is 0 Å². The lowest BCUT2D eigenvalue weighted by atomic mass is 10.1. The van der Waals surface area contributed by atoms with Gasteiger partial charge in [-0.2, -0.15) is 5.26 Å². The van der Waals surface area contributed by atoms with E-state index in [4.69, 9.17) is 0 Å². The molecule has 23 heavy (non-hydrogen) atoms. The van der Waals surface area contributed by atoms with Gasteiger partial charge in [0.2, 0.25) is 0 Å². The number of benzene rings is 1. The van der Waals surface area contributed by atoms with Crippen molar-refractivity contribution in [3.05, 3.63) is 57.6 Å². The van der Waals surface area contributed by atoms with Crippen molar-refractivity contribution in [2.45, 2.75) is 13.8 Å². The van der Waals surface area contributed by atoms with Crippen LogP contribution in [0, 0.1) is 25.2 Å². The molecule has 0 saturated heterocycles. The quantitative estimate of drug-likeness (QED) is 0.502. The Bertz CT molecular complexity index is 1220. The summed E-state index contributed by atoms with van der Waals surface area (Å²) in [7, 11) is 1.88. The van der Waals surface area contributed by atoms with Gasteiger partial charge in [0.25, 0.3) is 5.56 Å². The number of aryl methyl sites for hydroxylation is 3. The Balaban J connectivity index is 2.49. The molecule has 0 amide bonds. The lowest BCUT2D eigenvalue weighted by Crippen LogP contribution is -2.17. The number of hydrogen-bond acceptors (Lipinski definition) is 3. The summed E-state index contributed by atoms with van der Waals surface area (Å²) >= 11 is 0. The average Bonchev–Trinajstić information content (AvgIpc) is 2.81. The number of rotatable bonds is 0. The van der Waals surface area contributed by atoms with Crippen LogP contribution in [0.15, 0.2) is 35.1 Å². The van der Waals surface area contributed by atoms with E-state index in [1.807, 2.05) is 55.8 Å². The number of fused-ring (bicyclic) bond motifs is 4. The third-order valence-corrected chi connectivity index (χ3v) is 4.36. The van der Waals surface area contributed by atoms with E-state index < -0.39 is 0 Å². The molecule has 0 aliphatic carbocycles. The number of nitrogens with zero attached hydrogens (tertiary/aromatic N) is 4. The summed E-state index contributed by atoms with van der Waals surface area (Å²) < 4.78 is 3.53.